The van der Waals surface area contributed by atoms with Crippen LogP contribution in [-0.2, 0) is 6.42 Å². The fraction of sp³-hybridized carbons (Fsp3) is 0.429. The standard InChI is InChI=1S/C21H25N5O3S/c1-3-15-12(2)17(25-24-15)21(29)26-9-6-13(11-26)16-14-5-4-7-23-20(14)30-18(16)19(28)22-8-10-27/h4-5,7,13,27H,3,6,8-11H2,1-2H3,(H,22,28)(H,24,25). The van der Waals surface area contributed by atoms with Crippen LogP contribution in [0.4, 0.5) is 0 Å². The molecule has 9 heteroatoms. The Morgan fingerprint density at radius 1 is 1.43 bits per heavy atom. The number of aromatic nitrogens is 3. The first kappa shape index (κ1) is 20.5. The molecule has 1 aliphatic heterocycles. The number of carbonyl (C=O) groups is 2. The summed E-state index contributed by atoms with van der Waals surface area (Å²) in [7, 11) is 0. The molecule has 0 spiro atoms. The second-order valence-electron chi connectivity index (χ2n) is 7.45. The number of fused-ring (bicyclic) bond motifs is 1. The Balaban J connectivity index is 1.62. The number of pyridine rings is 1. The minimum Gasteiger partial charge on any atom is -0.395 e. The molecule has 1 fully saturated rings. The minimum absolute atomic E-state index is 0.0478. The quantitative estimate of drug-likeness (QED) is 0.559. The molecule has 0 aromatic carbocycles. The van der Waals surface area contributed by atoms with Crippen LogP contribution in [-0.4, -0.2) is 63.2 Å². The number of hydrogen-bond donors (Lipinski definition) is 3. The van der Waals surface area contributed by atoms with Gasteiger partial charge in [-0.05, 0) is 31.4 Å². The van der Waals surface area contributed by atoms with Gasteiger partial charge in [-0.1, -0.05) is 13.0 Å². The number of carbonyl (C=O) groups excluding carboxylic acids is 2. The van der Waals surface area contributed by atoms with Crippen LogP contribution in [0.25, 0.3) is 10.2 Å². The predicted molar refractivity (Wildman–Crippen MR) is 115 cm³/mol. The van der Waals surface area contributed by atoms with Crippen LogP contribution in [0.1, 0.15) is 56.2 Å². The van der Waals surface area contributed by atoms with E-state index in [9.17, 15) is 9.59 Å². The topological polar surface area (TPSA) is 111 Å². The van der Waals surface area contributed by atoms with Gasteiger partial charge in [0.25, 0.3) is 11.8 Å². The number of aliphatic hydroxyl groups excluding tert-OH is 1. The SMILES string of the molecule is CCc1[nH]nc(C(=O)N2CCC(c3c(C(=O)NCCO)sc4ncccc34)C2)c1C. The summed E-state index contributed by atoms with van der Waals surface area (Å²) in [6.07, 6.45) is 3.29. The van der Waals surface area contributed by atoms with Crippen molar-refractivity contribution in [2.24, 2.45) is 0 Å². The van der Waals surface area contributed by atoms with Gasteiger partial charge in [0, 0.05) is 48.4 Å². The van der Waals surface area contributed by atoms with Gasteiger partial charge in [-0.15, -0.1) is 11.3 Å². The lowest BCUT2D eigenvalue weighted by Crippen LogP contribution is -2.30. The maximum Gasteiger partial charge on any atom is 0.274 e. The number of aliphatic hydroxyl groups is 1. The van der Waals surface area contributed by atoms with Gasteiger partial charge in [0.15, 0.2) is 5.69 Å². The zero-order valence-corrected chi connectivity index (χ0v) is 17.9. The van der Waals surface area contributed by atoms with Gasteiger partial charge in [0.1, 0.15) is 4.83 Å². The van der Waals surface area contributed by atoms with Crippen molar-refractivity contribution in [1.82, 2.24) is 25.4 Å². The maximum absolute atomic E-state index is 13.1. The third-order valence-corrected chi connectivity index (χ3v) is 6.79. The Morgan fingerprint density at radius 2 is 2.27 bits per heavy atom. The smallest absolute Gasteiger partial charge is 0.274 e. The molecule has 0 bridgehead atoms. The first-order valence-electron chi connectivity index (χ1n) is 10.1. The second kappa shape index (κ2) is 8.53. The Labute approximate surface area is 178 Å². The Hall–Kier alpha value is -2.78. The molecule has 1 atom stereocenters. The average molecular weight is 428 g/mol. The summed E-state index contributed by atoms with van der Waals surface area (Å²) >= 11 is 1.36. The summed E-state index contributed by atoms with van der Waals surface area (Å²) in [5.74, 6) is -0.232. The third-order valence-electron chi connectivity index (χ3n) is 5.66. The van der Waals surface area contributed by atoms with Gasteiger partial charge in [0.2, 0.25) is 0 Å². The highest BCUT2D eigenvalue weighted by Gasteiger charge is 2.34. The average Bonchev–Trinajstić information content (AvgIpc) is 3.47. The Kier molecular flexibility index (Phi) is 5.83. The number of thiophene rings is 1. The molecule has 1 aliphatic rings. The molecular weight excluding hydrogens is 402 g/mol. The summed E-state index contributed by atoms with van der Waals surface area (Å²) in [5.41, 5.74) is 3.30. The fourth-order valence-electron chi connectivity index (χ4n) is 4.09. The van der Waals surface area contributed by atoms with Crippen LogP contribution < -0.4 is 5.32 Å². The number of nitrogens with one attached hydrogen (secondary N) is 2. The normalized spacial score (nSPS) is 16.4. The molecule has 0 radical (unpaired) electrons. The highest BCUT2D eigenvalue weighted by atomic mass is 32.1. The van der Waals surface area contributed by atoms with Crippen LogP contribution in [0, 0.1) is 6.92 Å². The number of rotatable bonds is 6. The molecule has 4 rings (SSSR count). The van der Waals surface area contributed by atoms with E-state index < -0.39 is 0 Å². The molecule has 3 aromatic rings. The largest absolute Gasteiger partial charge is 0.395 e. The summed E-state index contributed by atoms with van der Waals surface area (Å²) in [6, 6.07) is 3.85. The second-order valence-corrected chi connectivity index (χ2v) is 8.45. The van der Waals surface area contributed by atoms with Gasteiger partial charge in [-0.2, -0.15) is 5.10 Å². The number of amides is 2. The van der Waals surface area contributed by atoms with Gasteiger partial charge < -0.3 is 15.3 Å². The molecule has 2 amide bonds. The zero-order chi connectivity index (χ0) is 21.3. The predicted octanol–water partition coefficient (Wildman–Crippen LogP) is 2.24. The molecule has 3 N–H and O–H groups in total. The van der Waals surface area contributed by atoms with Crippen molar-refractivity contribution < 1.29 is 14.7 Å². The van der Waals surface area contributed by atoms with E-state index in [2.05, 4.69) is 20.5 Å². The number of aromatic amines is 1. The van der Waals surface area contributed by atoms with E-state index in [1.54, 1.807) is 6.20 Å². The first-order chi connectivity index (χ1) is 14.5. The summed E-state index contributed by atoms with van der Waals surface area (Å²) in [4.78, 5) is 33.5. The van der Waals surface area contributed by atoms with Gasteiger partial charge in [-0.3, -0.25) is 14.7 Å². The molecule has 8 nitrogen and oxygen atoms in total. The van der Waals surface area contributed by atoms with Crippen LogP contribution in [0.15, 0.2) is 18.3 Å². The first-order valence-corrected chi connectivity index (χ1v) is 11.0. The summed E-state index contributed by atoms with van der Waals surface area (Å²) in [5, 5.41) is 20.0. The fourth-order valence-corrected chi connectivity index (χ4v) is 5.24. The van der Waals surface area contributed by atoms with Crippen LogP contribution in [0.2, 0.25) is 0 Å². The molecule has 30 heavy (non-hydrogen) atoms. The molecule has 4 heterocycles. The lowest BCUT2D eigenvalue weighted by atomic mass is 9.95. The molecule has 3 aromatic heterocycles. The van der Waals surface area contributed by atoms with Crippen LogP contribution in [0.3, 0.4) is 0 Å². The summed E-state index contributed by atoms with van der Waals surface area (Å²) < 4.78 is 0. The number of likely N-dealkylation sites (tertiary alicyclic amines) is 1. The van der Waals surface area contributed by atoms with Crippen molar-refractivity contribution in [3.05, 3.63) is 45.7 Å². The number of nitrogens with zero attached hydrogens (tertiary/aromatic N) is 3. The summed E-state index contributed by atoms with van der Waals surface area (Å²) in [6.45, 7) is 5.19. The zero-order valence-electron chi connectivity index (χ0n) is 17.1. The van der Waals surface area contributed by atoms with E-state index in [1.807, 2.05) is 30.9 Å². The lowest BCUT2D eigenvalue weighted by Gasteiger charge is -2.16. The van der Waals surface area contributed by atoms with E-state index in [0.29, 0.717) is 23.7 Å². The Morgan fingerprint density at radius 3 is 3.00 bits per heavy atom. The Bertz CT molecular complexity index is 1090. The molecule has 1 saturated heterocycles. The van der Waals surface area contributed by atoms with E-state index >= 15 is 0 Å². The van der Waals surface area contributed by atoms with Crippen molar-refractivity contribution in [3.8, 4) is 0 Å². The third kappa shape index (κ3) is 3.59. The lowest BCUT2D eigenvalue weighted by molar-refractivity contribution is 0.0784. The molecular formula is C21H25N5O3S. The van der Waals surface area contributed by atoms with Gasteiger partial charge in [0.05, 0.1) is 11.5 Å². The van der Waals surface area contributed by atoms with Gasteiger partial charge in [-0.25, -0.2) is 4.98 Å². The molecule has 0 saturated carbocycles. The minimum atomic E-state index is -0.206. The van der Waals surface area contributed by atoms with Crippen molar-refractivity contribution in [3.63, 3.8) is 0 Å². The van der Waals surface area contributed by atoms with E-state index in [0.717, 1.165) is 39.9 Å². The number of H-pyrrole nitrogens is 1. The van der Waals surface area contributed by atoms with E-state index in [1.165, 1.54) is 11.3 Å². The number of aryl methyl sites for hydroxylation is 1. The van der Waals surface area contributed by atoms with Crippen molar-refractivity contribution >= 4 is 33.4 Å². The van der Waals surface area contributed by atoms with Crippen LogP contribution >= 0.6 is 11.3 Å². The molecule has 0 aliphatic carbocycles. The van der Waals surface area contributed by atoms with E-state index in [-0.39, 0.29) is 30.9 Å². The van der Waals surface area contributed by atoms with E-state index in [4.69, 9.17) is 5.11 Å². The molecule has 1 unspecified atom stereocenters. The highest BCUT2D eigenvalue weighted by Crippen LogP contribution is 2.39. The van der Waals surface area contributed by atoms with Crippen LogP contribution in [0.5, 0.6) is 0 Å². The van der Waals surface area contributed by atoms with Crippen molar-refractivity contribution in [1.29, 1.82) is 0 Å². The monoisotopic (exact) mass is 427 g/mol. The molecule has 158 valence electrons. The van der Waals surface area contributed by atoms with Crippen molar-refractivity contribution in [2.75, 3.05) is 26.2 Å². The van der Waals surface area contributed by atoms with Gasteiger partial charge >= 0.3 is 0 Å². The maximum atomic E-state index is 13.1. The number of hydrogen-bond acceptors (Lipinski definition) is 6. The van der Waals surface area contributed by atoms with Crippen molar-refractivity contribution in [2.45, 2.75) is 32.6 Å². The highest BCUT2D eigenvalue weighted by molar-refractivity contribution is 7.20.